The van der Waals surface area contributed by atoms with Crippen molar-refractivity contribution in [1.29, 1.82) is 0 Å². The van der Waals surface area contributed by atoms with E-state index in [0.717, 1.165) is 43.9 Å². The van der Waals surface area contributed by atoms with Crippen LogP contribution in [0, 0.1) is 29.1 Å². The van der Waals surface area contributed by atoms with Crippen molar-refractivity contribution in [3.05, 3.63) is 35.5 Å². The van der Waals surface area contributed by atoms with Crippen LogP contribution in [-0.2, 0) is 4.43 Å². The van der Waals surface area contributed by atoms with Crippen LogP contribution in [-0.4, -0.2) is 25.6 Å². The van der Waals surface area contributed by atoms with Crippen molar-refractivity contribution in [2.45, 2.75) is 143 Å². The van der Waals surface area contributed by atoms with Gasteiger partial charge < -0.3 is 9.53 Å². The molecule has 0 aromatic rings. The van der Waals surface area contributed by atoms with Crippen LogP contribution in [0.4, 0.5) is 0 Å². The summed E-state index contributed by atoms with van der Waals surface area (Å²) in [6.07, 6.45) is 17.1. The van der Waals surface area contributed by atoms with Crippen molar-refractivity contribution >= 4 is 8.32 Å². The normalized spacial score (nSPS) is 33.9. The van der Waals surface area contributed by atoms with Crippen molar-refractivity contribution in [2.75, 3.05) is 0 Å². The van der Waals surface area contributed by atoms with Gasteiger partial charge in [-0.15, -0.1) is 0 Å². The van der Waals surface area contributed by atoms with Crippen molar-refractivity contribution in [2.24, 2.45) is 29.1 Å². The van der Waals surface area contributed by atoms with E-state index < -0.39 is 8.32 Å². The van der Waals surface area contributed by atoms with Gasteiger partial charge in [-0.1, -0.05) is 78.3 Å². The molecule has 3 saturated carbocycles. The number of aliphatic hydroxyl groups excluding tert-OH is 1. The minimum absolute atomic E-state index is 0.154. The largest absolute Gasteiger partial charge is 0.414 e. The Morgan fingerprint density at radius 1 is 1.08 bits per heavy atom. The highest BCUT2D eigenvalue weighted by molar-refractivity contribution is 6.74. The molecule has 3 aliphatic rings. The van der Waals surface area contributed by atoms with Crippen molar-refractivity contribution in [3.63, 3.8) is 0 Å². The number of aliphatic hydroxyl groups is 1. The summed E-state index contributed by atoms with van der Waals surface area (Å²) in [7, 11) is -1.75. The summed E-state index contributed by atoms with van der Waals surface area (Å²) < 4.78 is 6.81. The monoisotopic (exact) mass is 514 g/mol. The molecule has 0 heterocycles. The van der Waals surface area contributed by atoms with Crippen LogP contribution in [0.1, 0.15) is 113 Å². The summed E-state index contributed by atoms with van der Waals surface area (Å²) in [4.78, 5) is 0. The highest BCUT2D eigenvalue weighted by atomic mass is 28.4. The Balaban J connectivity index is 1.70. The molecular weight excluding hydrogens is 456 g/mol. The molecule has 0 aromatic heterocycles. The van der Waals surface area contributed by atoms with E-state index in [9.17, 15) is 5.11 Å². The zero-order chi connectivity index (χ0) is 26.9. The standard InChI is InChI=1S/C33H58O2Si/c1-23(2)31(34)20-14-25(4)29-18-19-30-26(12-11-21-33(29,30)8)15-16-27-22-28(17-13-24(27)3)35-36(9,10)32(5,6)7/h15-16,23,25,28-31,34H,3,11-14,17-22H2,1-2,4-10H3/b26-15+,27-16+/t25-,28+,29-,30+,31-,33-/m1/s1. The second kappa shape index (κ2) is 11.6. The van der Waals surface area contributed by atoms with Gasteiger partial charge >= 0.3 is 0 Å². The molecule has 0 aliphatic heterocycles. The highest BCUT2D eigenvalue weighted by Gasteiger charge is 2.50. The Morgan fingerprint density at radius 3 is 2.42 bits per heavy atom. The van der Waals surface area contributed by atoms with Gasteiger partial charge in [0.05, 0.1) is 6.10 Å². The fourth-order valence-corrected chi connectivity index (χ4v) is 8.65. The first-order valence-electron chi connectivity index (χ1n) is 15.1. The number of allylic oxidation sites excluding steroid dienone is 4. The van der Waals surface area contributed by atoms with Gasteiger partial charge in [0.25, 0.3) is 0 Å². The molecule has 0 radical (unpaired) electrons. The van der Waals surface area contributed by atoms with E-state index in [4.69, 9.17) is 4.43 Å². The molecule has 36 heavy (non-hydrogen) atoms. The molecular formula is C33H58O2Si. The topological polar surface area (TPSA) is 29.5 Å². The summed E-state index contributed by atoms with van der Waals surface area (Å²) in [5.74, 6) is 2.56. The predicted octanol–water partition coefficient (Wildman–Crippen LogP) is 9.62. The minimum Gasteiger partial charge on any atom is -0.414 e. The Labute approximate surface area is 225 Å². The lowest BCUT2D eigenvalue weighted by Crippen LogP contribution is -2.44. The van der Waals surface area contributed by atoms with Gasteiger partial charge in [0, 0.05) is 6.10 Å². The Kier molecular flexibility index (Phi) is 9.65. The van der Waals surface area contributed by atoms with Crippen LogP contribution in [0.15, 0.2) is 35.5 Å². The fraction of sp³-hybridized carbons (Fsp3) is 0.818. The average Bonchev–Trinajstić information content (AvgIpc) is 3.14. The molecule has 0 bridgehead atoms. The van der Waals surface area contributed by atoms with Crippen molar-refractivity contribution < 1.29 is 9.53 Å². The zero-order valence-electron chi connectivity index (χ0n) is 25.3. The maximum absolute atomic E-state index is 10.4. The third-order valence-electron chi connectivity index (χ3n) is 10.8. The summed E-state index contributed by atoms with van der Waals surface area (Å²) in [5, 5.41) is 10.6. The molecule has 3 fully saturated rings. The van der Waals surface area contributed by atoms with Gasteiger partial charge in [-0.05, 0) is 117 Å². The SMILES string of the molecule is C=C1CC[C@H](O[Si](C)(C)C(C)(C)C)C/C1=C\C=C1/CCC[C@]2(C)[C@@H]([C@H](C)CC[C@@H](O)C(C)C)CC[C@@H]12. The second-order valence-corrected chi connectivity index (χ2v) is 19.5. The van der Waals surface area contributed by atoms with Crippen molar-refractivity contribution in [1.82, 2.24) is 0 Å². The maximum atomic E-state index is 10.4. The molecule has 2 nitrogen and oxygen atoms in total. The van der Waals surface area contributed by atoms with Gasteiger partial charge in [0.15, 0.2) is 8.32 Å². The van der Waals surface area contributed by atoms with Crippen LogP contribution in [0.25, 0.3) is 0 Å². The van der Waals surface area contributed by atoms with Gasteiger partial charge in [0.2, 0.25) is 0 Å². The number of fused-ring (bicyclic) bond motifs is 1. The Morgan fingerprint density at radius 2 is 1.78 bits per heavy atom. The second-order valence-electron chi connectivity index (χ2n) is 14.7. The highest BCUT2D eigenvalue weighted by Crippen LogP contribution is 2.60. The molecule has 3 rings (SSSR count). The Bertz CT molecular complexity index is 829. The van der Waals surface area contributed by atoms with Crippen LogP contribution in [0.2, 0.25) is 18.1 Å². The van der Waals surface area contributed by atoms with Gasteiger partial charge in [0.1, 0.15) is 0 Å². The van der Waals surface area contributed by atoms with Crippen molar-refractivity contribution in [3.8, 4) is 0 Å². The molecule has 3 aliphatic carbocycles. The molecule has 0 saturated heterocycles. The number of hydrogen-bond donors (Lipinski definition) is 1. The van der Waals surface area contributed by atoms with E-state index in [2.05, 4.69) is 80.3 Å². The lowest BCUT2D eigenvalue weighted by molar-refractivity contribution is 0.0717. The number of rotatable bonds is 8. The minimum atomic E-state index is -1.75. The average molecular weight is 515 g/mol. The lowest BCUT2D eigenvalue weighted by atomic mass is 9.60. The molecule has 3 heteroatoms. The molecule has 0 unspecified atom stereocenters. The molecule has 0 spiro atoms. The summed E-state index contributed by atoms with van der Waals surface area (Å²) in [6, 6.07) is 0. The lowest BCUT2D eigenvalue weighted by Gasteiger charge is -2.44. The van der Waals surface area contributed by atoms with Gasteiger partial charge in [-0.3, -0.25) is 0 Å². The third-order valence-corrected chi connectivity index (χ3v) is 15.4. The van der Waals surface area contributed by atoms with Crippen LogP contribution in [0.5, 0.6) is 0 Å². The van der Waals surface area contributed by atoms with Gasteiger partial charge in [-0.2, -0.15) is 0 Å². The van der Waals surface area contributed by atoms with E-state index >= 15 is 0 Å². The zero-order valence-corrected chi connectivity index (χ0v) is 26.3. The third kappa shape index (κ3) is 6.67. The first kappa shape index (κ1) is 29.9. The van der Waals surface area contributed by atoms with E-state index in [0.29, 0.717) is 23.4 Å². The maximum Gasteiger partial charge on any atom is 0.192 e. The molecule has 0 aromatic carbocycles. The van der Waals surface area contributed by atoms with E-state index in [1.807, 2.05) is 0 Å². The van der Waals surface area contributed by atoms with E-state index in [-0.39, 0.29) is 11.1 Å². The molecule has 206 valence electrons. The Hall–Kier alpha value is -0.643. The van der Waals surface area contributed by atoms with Crippen LogP contribution in [0.3, 0.4) is 0 Å². The molecule has 6 atom stereocenters. The summed E-state index contributed by atoms with van der Waals surface area (Å²) in [5.41, 5.74) is 4.85. The summed E-state index contributed by atoms with van der Waals surface area (Å²) in [6.45, 7) is 25.5. The first-order chi connectivity index (χ1) is 16.7. The quantitative estimate of drug-likeness (QED) is 0.327. The van der Waals surface area contributed by atoms with Gasteiger partial charge in [-0.25, -0.2) is 0 Å². The molecule has 0 amide bonds. The van der Waals surface area contributed by atoms with Crippen LogP contribution >= 0.6 is 0 Å². The van der Waals surface area contributed by atoms with Crippen LogP contribution < -0.4 is 0 Å². The fourth-order valence-electron chi connectivity index (χ4n) is 7.26. The van der Waals surface area contributed by atoms with E-state index in [1.165, 1.54) is 43.3 Å². The first-order valence-corrected chi connectivity index (χ1v) is 18.0. The van der Waals surface area contributed by atoms with E-state index in [1.54, 1.807) is 5.57 Å². The number of hydrogen-bond acceptors (Lipinski definition) is 2. The summed E-state index contributed by atoms with van der Waals surface area (Å²) >= 11 is 0. The molecule has 1 N–H and O–H groups in total. The smallest absolute Gasteiger partial charge is 0.192 e. The predicted molar refractivity (Wildman–Crippen MR) is 159 cm³/mol.